The van der Waals surface area contributed by atoms with Gasteiger partial charge < -0.3 is 9.52 Å². The van der Waals surface area contributed by atoms with Crippen LogP contribution in [0.3, 0.4) is 0 Å². The zero-order chi connectivity index (χ0) is 14.3. The average Bonchev–Trinajstić information content (AvgIpc) is 2.89. The van der Waals surface area contributed by atoms with E-state index >= 15 is 0 Å². The van der Waals surface area contributed by atoms with E-state index in [2.05, 4.69) is 18.7 Å². The minimum atomic E-state index is -0.912. The summed E-state index contributed by atoms with van der Waals surface area (Å²) in [7, 11) is 0. The van der Waals surface area contributed by atoms with Gasteiger partial charge in [0, 0.05) is 18.0 Å². The first-order chi connectivity index (χ1) is 9.56. The van der Waals surface area contributed by atoms with Gasteiger partial charge in [-0.05, 0) is 25.3 Å². The summed E-state index contributed by atoms with van der Waals surface area (Å²) in [5, 5.41) is 10.2. The summed E-state index contributed by atoms with van der Waals surface area (Å²) >= 11 is 0. The maximum absolute atomic E-state index is 11.5. The van der Waals surface area contributed by atoms with E-state index in [4.69, 9.17) is 4.42 Å². The zero-order valence-corrected chi connectivity index (χ0v) is 11.8. The number of carbonyl (C=O) groups is 1. The second-order valence-electron chi connectivity index (χ2n) is 5.82. The Hall–Kier alpha value is -1.81. The van der Waals surface area contributed by atoms with Crippen LogP contribution >= 0.6 is 0 Å². The van der Waals surface area contributed by atoms with Crippen LogP contribution in [0.4, 0.5) is 0 Å². The summed E-state index contributed by atoms with van der Waals surface area (Å²) in [6.07, 6.45) is 1.16. The van der Waals surface area contributed by atoms with Gasteiger partial charge in [-0.1, -0.05) is 25.1 Å². The van der Waals surface area contributed by atoms with Gasteiger partial charge in [-0.3, -0.25) is 4.90 Å². The molecule has 1 aliphatic heterocycles. The molecule has 4 nitrogen and oxygen atoms in total. The Morgan fingerprint density at radius 1 is 1.40 bits per heavy atom. The largest absolute Gasteiger partial charge is 0.478 e. The lowest BCUT2D eigenvalue weighted by molar-refractivity contribution is 0.0694. The van der Waals surface area contributed by atoms with E-state index in [1.807, 2.05) is 24.3 Å². The fourth-order valence-corrected chi connectivity index (χ4v) is 3.23. The molecule has 1 aliphatic rings. The summed E-state index contributed by atoms with van der Waals surface area (Å²) in [6, 6.07) is 7.80. The van der Waals surface area contributed by atoms with Gasteiger partial charge in [0.2, 0.25) is 0 Å². The quantitative estimate of drug-likeness (QED) is 0.931. The molecule has 2 atom stereocenters. The van der Waals surface area contributed by atoms with Gasteiger partial charge in [0.1, 0.15) is 16.9 Å². The van der Waals surface area contributed by atoms with Gasteiger partial charge in [-0.2, -0.15) is 0 Å². The molecule has 1 aromatic heterocycles. The van der Waals surface area contributed by atoms with E-state index in [1.165, 1.54) is 0 Å². The van der Waals surface area contributed by atoms with E-state index in [-0.39, 0.29) is 0 Å². The molecule has 0 aliphatic carbocycles. The Kier molecular flexibility index (Phi) is 3.26. The average molecular weight is 273 g/mol. The Morgan fingerprint density at radius 2 is 2.15 bits per heavy atom. The summed E-state index contributed by atoms with van der Waals surface area (Å²) in [5.41, 5.74) is 0.965. The molecule has 2 aromatic rings. The number of likely N-dealkylation sites (tertiary alicyclic amines) is 1. The Morgan fingerprint density at radius 3 is 2.80 bits per heavy atom. The van der Waals surface area contributed by atoms with Gasteiger partial charge in [0.25, 0.3) is 0 Å². The molecule has 0 radical (unpaired) electrons. The summed E-state index contributed by atoms with van der Waals surface area (Å²) in [5.74, 6) is 0.312. The van der Waals surface area contributed by atoms with Crippen molar-refractivity contribution in [3.63, 3.8) is 0 Å². The molecule has 0 saturated carbocycles. The van der Waals surface area contributed by atoms with Gasteiger partial charge >= 0.3 is 5.97 Å². The van der Waals surface area contributed by atoms with Crippen molar-refractivity contribution in [2.24, 2.45) is 5.92 Å². The SMILES string of the molecule is CC1CC(C)N(Cc2oc3ccccc3c2C(=O)O)C1. The molecule has 20 heavy (non-hydrogen) atoms. The van der Waals surface area contributed by atoms with Crippen molar-refractivity contribution < 1.29 is 14.3 Å². The highest BCUT2D eigenvalue weighted by Gasteiger charge is 2.29. The fraction of sp³-hybridized carbons (Fsp3) is 0.438. The number of benzene rings is 1. The molecule has 1 saturated heterocycles. The highest BCUT2D eigenvalue weighted by atomic mass is 16.4. The highest BCUT2D eigenvalue weighted by molar-refractivity contribution is 6.03. The first-order valence-corrected chi connectivity index (χ1v) is 7.04. The number of nitrogens with zero attached hydrogens (tertiary/aromatic N) is 1. The van der Waals surface area contributed by atoms with Crippen molar-refractivity contribution >= 4 is 16.9 Å². The van der Waals surface area contributed by atoms with Gasteiger partial charge in [-0.25, -0.2) is 4.79 Å². The van der Waals surface area contributed by atoms with Crippen molar-refractivity contribution in [2.45, 2.75) is 32.9 Å². The minimum absolute atomic E-state index is 0.312. The number of aromatic carboxylic acids is 1. The van der Waals surface area contributed by atoms with Crippen LogP contribution in [0, 0.1) is 5.92 Å². The normalized spacial score (nSPS) is 23.5. The number of hydrogen-bond acceptors (Lipinski definition) is 3. The van der Waals surface area contributed by atoms with Crippen LogP contribution in [0.15, 0.2) is 28.7 Å². The van der Waals surface area contributed by atoms with Crippen LogP contribution in [0.5, 0.6) is 0 Å². The molecule has 1 fully saturated rings. The fourth-order valence-electron chi connectivity index (χ4n) is 3.23. The van der Waals surface area contributed by atoms with Crippen molar-refractivity contribution in [1.29, 1.82) is 0 Å². The molecule has 3 rings (SSSR count). The third kappa shape index (κ3) is 2.20. The van der Waals surface area contributed by atoms with E-state index in [0.717, 1.165) is 13.0 Å². The van der Waals surface area contributed by atoms with E-state index in [9.17, 15) is 9.90 Å². The zero-order valence-electron chi connectivity index (χ0n) is 11.8. The molecule has 2 unspecified atom stereocenters. The molecular weight excluding hydrogens is 254 g/mol. The maximum Gasteiger partial charge on any atom is 0.339 e. The summed E-state index contributed by atoms with van der Waals surface area (Å²) in [4.78, 5) is 13.8. The van der Waals surface area contributed by atoms with Crippen molar-refractivity contribution in [2.75, 3.05) is 6.54 Å². The molecule has 1 aromatic carbocycles. The number of rotatable bonds is 3. The lowest BCUT2D eigenvalue weighted by Gasteiger charge is -2.19. The predicted octanol–water partition coefficient (Wildman–Crippen LogP) is 3.36. The predicted molar refractivity (Wildman–Crippen MR) is 76.8 cm³/mol. The molecule has 0 bridgehead atoms. The number of hydrogen-bond donors (Lipinski definition) is 1. The molecule has 0 spiro atoms. The molecule has 0 amide bonds. The Balaban J connectivity index is 1.99. The lowest BCUT2D eigenvalue weighted by Crippen LogP contribution is -2.27. The summed E-state index contributed by atoms with van der Waals surface area (Å²) < 4.78 is 5.78. The standard InChI is InChI=1S/C16H19NO3/c1-10-7-11(2)17(8-10)9-14-15(16(18)19)12-5-3-4-6-13(12)20-14/h3-6,10-11H,7-9H2,1-2H3,(H,18,19). The lowest BCUT2D eigenvalue weighted by atomic mass is 10.1. The van der Waals surface area contributed by atoms with Crippen LogP contribution in [0.1, 0.15) is 36.4 Å². The number of carboxylic acid groups (broad SMARTS) is 1. The number of para-hydroxylation sites is 1. The molecule has 2 heterocycles. The van der Waals surface area contributed by atoms with Crippen LogP contribution < -0.4 is 0 Å². The van der Waals surface area contributed by atoms with Crippen molar-refractivity contribution in [3.05, 3.63) is 35.6 Å². The van der Waals surface area contributed by atoms with Gasteiger partial charge in [0.05, 0.1) is 6.54 Å². The van der Waals surface area contributed by atoms with Crippen molar-refractivity contribution in [1.82, 2.24) is 4.90 Å². The maximum atomic E-state index is 11.5. The van der Waals surface area contributed by atoms with Crippen LogP contribution in [0.25, 0.3) is 11.0 Å². The van der Waals surface area contributed by atoms with Crippen LogP contribution in [0.2, 0.25) is 0 Å². The monoisotopic (exact) mass is 273 g/mol. The minimum Gasteiger partial charge on any atom is -0.478 e. The van der Waals surface area contributed by atoms with E-state index in [1.54, 1.807) is 0 Å². The first-order valence-electron chi connectivity index (χ1n) is 7.04. The van der Waals surface area contributed by atoms with Gasteiger partial charge in [-0.15, -0.1) is 0 Å². The topological polar surface area (TPSA) is 53.7 Å². The van der Waals surface area contributed by atoms with Crippen molar-refractivity contribution in [3.8, 4) is 0 Å². The second kappa shape index (κ2) is 4.94. The van der Waals surface area contributed by atoms with E-state index < -0.39 is 5.97 Å². The third-order valence-corrected chi connectivity index (χ3v) is 4.14. The summed E-state index contributed by atoms with van der Waals surface area (Å²) in [6.45, 7) is 5.99. The number of carboxylic acids is 1. The van der Waals surface area contributed by atoms with Crippen LogP contribution in [-0.4, -0.2) is 28.6 Å². The highest BCUT2D eigenvalue weighted by Crippen LogP contribution is 2.30. The molecular formula is C16H19NO3. The third-order valence-electron chi connectivity index (χ3n) is 4.14. The Bertz CT molecular complexity index is 646. The number of fused-ring (bicyclic) bond motifs is 1. The number of furan rings is 1. The molecule has 4 heteroatoms. The first kappa shape index (κ1) is 13.2. The smallest absolute Gasteiger partial charge is 0.339 e. The Labute approximate surface area is 118 Å². The second-order valence-corrected chi connectivity index (χ2v) is 5.82. The molecule has 106 valence electrons. The van der Waals surface area contributed by atoms with E-state index in [0.29, 0.717) is 40.8 Å². The van der Waals surface area contributed by atoms with Crippen LogP contribution in [-0.2, 0) is 6.54 Å². The van der Waals surface area contributed by atoms with Gasteiger partial charge in [0.15, 0.2) is 0 Å². The molecule has 1 N–H and O–H groups in total.